The molecule has 1 heterocycles. The Hall–Kier alpha value is -1.99. The van der Waals surface area contributed by atoms with E-state index in [9.17, 15) is 14.9 Å². The van der Waals surface area contributed by atoms with Crippen LogP contribution in [0.3, 0.4) is 0 Å². The molecule has 6 nitrogen and oxygen atoms in total. The second kappa shape index (κ2) is 6.64. The maximum absolute atomic E-state index is 11.9. The van der Waals surface area contributed by atoms with Crippen molar-refractivity contribution in [2.45, 2.75) is 6.61 Å². The van der Waals surface area contributed by atoms with Gasteiger partial charge in [-0.2, -0.15) is 0 Å². The van der Waals surface area contributed by atoms with Crippen molar-refractivity contribution in [2.75, 3.05) is 0 Å². The molecule has 0 amide bonds. The predicted molar refractivity (Wildman–Crippen MR) is 79.2 cm³/mol. The molecule has 0 N–H and O–H groups in total. The molecule has 0 aliphatic carbocycles. The number of benzene rings is 1. The maximum atomic E-state index is 11.9. The Morgan fingerprint density at radius 1 is 1.38 bits per heavy atom. The average molecular weight is 372 g/mol. The van der Waals surface area contributed by atoms with Gasteiger partial charge in [0.2, 0.25) is 0 Å². The highest BCUT2D eigenvalue weighted by Gasteiger charge is 2.22. The van der Waals surface area contributed by atoms with Gasteiger partial charge in [0.15, 0.2) is 0 Å². The number of carbonyl (C=O) groups is 1. The first-order valence-corrected chi connectivity index (χ1v) is 6.86. The van der Waals surface area contributed by atoms with Crippen molar-refractivity contribution in [3.63, 3.8) is 0 Å². The summed E-state index contributed by atoms with van der Waals surface area (Å²) in [7, 11) is 0. The molecule has 2 rings (SSSR count). The minimum absolute atomic E-state index is 0.00318. The number of halogens is 2. The van der Waals surface area contributed by atoms with Gasteiger partial charge in [0.25, 0.3) is 0 Å². The third-order valence-corrected chi connectivity index (χ3v) is 3.28. The molecule has 0 atom stereocenters. The van der Waals surface area contributed by atoms with Crippen LogP contribution in [0.1, 0.15) is 15.9 Å². The van der Waals surface area contributed by atoms with E-state index in [1.54, 1.807) is 24.3 Å². The van der Waals surface area contributed by atoms with Crippen LogP contribution in [0.2, 0.25) is 5.15 Å². The van der Waals surface area contributed by atoms with Gasteiger partial charge in [-0.25, -0.2) is 9.78 Å². The number of aromatic nitrogens is 1. The Morgan fingerprint density at radius 2 is 2.05 bits per heavy atom. The van der Waals surface area contributed by atoms with Crippen LogP contribution in [0.25, 0.3) is 0 Å². The lowest BCUT2D eigenvalue weighted by Gasteiger charge is -2.06. The molecule has 0 aliphatic rings. The number of nitro groups is 1. The van der Waals surface area contributed by atoms with Crippen molar-refractivity contribution in [1.82, 2.24) is 4.98 Å². The second-order valence-corrected chi connectivity index (χ2v) is 5.29. The van der Waals surface area contributed by atoms with Crippen molar-refractivity contribution < 1.29 is 14.5 Å². The molecule has 0 fully saturated rings. The smallest absolute Gasteiger partial charge is 0.345 e. The van der Waals surface area contributed by atoms with Crippen LogP contribution < -0.4 is 0 Å². The van der Waals surface area contributed by atoms with Gasteiger partial charge in [-0.1, -0.05) is 39.7 Å². The van der Waals surface area contributed by atoms with E-state index in [-0.39, 0.29) is 17.3 Å². The van der Waals surface area contributed by atoms with Crippen LogP contribution in [-0.4, -0.2) is 15.9 Å². The normalized spacial score (nSPS) is 10.2. The lowest BCUT2D eigenvalue weighted by molar-refractivity contribution is -0.385. The maximum Gasteiger partial charge on any atom is 0.345 e. The summed E-state index contributed by atoms with van der Waals surface area (Å²) in [5, 5.41) is 10.8. The summed E-state index contributed by atoms with van der Waals surface area (Å²) in [4.78, 5) is 25.7. The van der Waals surface area contributed by atoms with Crippen molar-refractivity contribution in [3.05, 3.63) is 67.4 Å². The van der Waals surface area contributed by atoms with Crippen molar-refractivity contribution in [3.8, 4) is 0 Å². The fourth-order valence-corrected chi connectivity index (χ4v) is 1.96. The molecule has 0 aliphatic heterocycles. The molecule has 2 aromatic rings. The summed E-state index contributed by atoms with van der Waals surface area (Å²) in [6, 6.07) is 8.25. The summed E-state index contributed by atoms with van der Waals surface area (Å²) < 4.78 is 5.95. The number of rotatable bonds is 4. The zero-order valence-electron chi connectivity index (χ0n) is 10.5. The Bertz CT molecular complexity index is 691. The number of esters is 1. The molecular formula is C13H8BrClN2O4. The van der Waals surface area contributed by atoms with Gasteiger partial charge in [-0.15, -0.1) is 0 Å². The first-order chi connectivity index (χ1) is 9.97. The molecule has 1 aromatic carbocycles. The number of carbonyl (C=O) groups excluding carboxylic acids is 1. The zero-order valence-corrected chi connectivity index (χ0v) is 12.8. The number of hydrogen-bond donors (Lipinski definition) is 0. The predicted octanol–water partition coefficient (Wildman–Crippen LogP) is 3.76. The van der Waals surface area contributed by atoms with Crippen molar-refractivity contribution in [2.24, 2.45) is 0 Å². The Labute approximate surface area is 133 Å². The largest absolute Gasteiger partial charge is 0.457 e. The lowest BCUT2D eigenvalue weighted by Crippen LogP contribution is -2.09. The van der Waals surface area contributed by atoms with Gasteiger partial charge in [0.1, 0.15) is 23.5 Å². The van der Waals surface area contributed by atoms with Crippen molar-refractivity contribution in [1.29, 1.82) is 0 Å². The fraction of sp³-hybridized carbons (Fsp3) is 0.0769. The van der Waals surface area contributed by atoms with Crippen LogP contribution in [0.4, 0.5) is 5.69 Å². The van der Waals surface area contributed by atoms with Gasteiger partial charge in [-0.05, 0) is 23.8 Å². The summed E-state index contributed by atoms with van der Waals surface area (Å²) in [6.45, 7) is 0.00318. The van der Waals surface area contributed by atoms with Gasteiger partial charge in [-0.3, -0.25) is 10.1 Å². The molecular weight excluding hydrogens is 364 g/mol. The highest BCUT2D eigenvalue weighted by molar-refractivity contribution is 9.10. The molecule has 0 bridgehead atoms. The third kappa shape index (κ3) is 3.99. The molecule has 0 saturated carbocycles. The number of nitrogens with zero attached hydrogens (tertiary/aromatic N) is 2. The van der Waals surface area contributed by atoms with E-state index < -0.39 is 16.6 Å². The van der Waals surface area contributed by atoms with E-state index in [0.717, 1.165) is 22.3 Å². The summed E-state index contributed by atoms with van der Waals surface area (Å²) in [5.74, 6) is -0.825. The van der Waals surface area contributed by atoms with Gasteiger partial charge in [0, 0.05) is 4.47 Å². The Morgan fingerprint density at radius 3 is 2.67 bits per heavy atom. The van der Waals surface area contributed by atoms with Gasteiger partial charge >= 0.3 is 11.7 Å². The first kappa shape index (κ1) is 15.4. The number of ether oxygens (including phenoxy) is 1. The summed E-state index contributed by atoms with van der Waals surface area (Å²) in [6.07, 6.45) is 0.929. The SMILES string of the molecule is O=C(OCc1ccc(Br)cc1)c1cc(Cl)ncc1[N+](=O)[O-]. The van der Waals surface area contributed by atoms with E-state index in [2.05, 4.69) is 20.9 Å². The van der Waals surface area contributed by atoms with Crippen LogP contribution in [0.5, 0.6) is 0 Å². The average Bonchev–Trinajstić information content (AvgIpc) is 2.46. The third-order valence-electron chi connectivity index (χ3n) is 2.55. The molecule has 108 valence electrons. The first-order valence-electron chi connectivity index (χ1n) is 5.69. The molecule has 1 aromatic heterocycles. The standard InChI is InChI=1S/C13H8BrClN2O4/c14-9-3-1-8(2-4-9)7-21-13(18)10-5-12(15)16-6-11(10)17(19)20/h1-6H,7H2. The lowest BCUT2D eigenvalue weighted by atomic mass is 10.2. The van der Waals surface area contributed by atoms with Crippen molar-refractivity contribution >= 4 is 39.2 Å². The Kier molecular flexibility index (Phi) is 4.87. The van der Waals surface area contributed by atoms with E-state index in [4.69, 9.17) is 16.3 Å². The molecule has 8 heteroatoms. The van der Waals surface area contributed by atoms with Crippen LogP contribution in [-0.2, 0) is 11.3 Å². The molecule has 21 heavy (non-hydrogen) atoms. The van der Waals surface area contributed by atoms with Gasteiger partial charge in [0.05, 0.1) is 4.92 Å². The second-order valence-electron chi connectivity index (χ2n) is 3.98. The summed E-state index contributed by atoms with van der Waals surface area (Å²) in [5.41, 5.74) is 0.0895. The van der Waals surface area contributed by atoms with E-state index in [0.29, 0.717) is 0 Å². The molecule has 0 radical (unpaired) electrons. The monoisotopic (exact) mass is 370 g/mol. The topological polar surface area (TPSA) is 82.3 Å². The minimum Gasteiger partial charge on any atom is -0.457 e. The highest BCUT2D eigenvalue weighted by atomic mass is 79.9. The van der Waals surface area contributed by atoms with Gasteiger partial charge < -0.3 is 4.74 Å². The molecule has 0 saturated heterocycles. The van der Waals surface area contributed by atoms with E-state index in [1.807, 2.05) is 0 Å². The van der Waals surface area contributed by atoms with E-state index in [1.165, 1.54) is 0 Å². The Balaban J connectivity index is 2.15. The highest BCUT2D eigenvalue weighted by Crippen LogP contribution is 2.21. The molecule has 0 spiro atoms. The summed E-state index contributed by atoms with van der Waals surface area (Å²) >= 11 is 8.94. The van der Waals surface area contributed by atoms with E-state index >= 15 is 0 Å². The molecule has 0 unspecified atom stereocenters. The minimum atomic E-state index is -0.825. The van der Waals surface area contributed by atoms with Crippen LogP contribution in [0.15, 0.2) is 41.0 Å². The number of hydrogen-bond acceptors (Lipinski definition) is 5. The zero-order chi connectivity index (χ0) is 15.4. The van der Waals surface area contributed by atoms with Crippen LogP contribution in [0, 0.1) is 10.1 Å². The van der Waals surface area contributed by atoms with Crippen LogP contribution >= 0.6 is 27.5 Å². The number of pyridine rings is 1. The quantitative estimate of drug-likeness (QED) is 0.354. The fourth-order valence-electron chi connectivity index (χ4n) is 1.54.